The van der Waals surface area contributed by atoms with Gasteiger partial charge in [0.1, 0.15) is 6.04 Å². The van der Waals surface area contributed by atoms with E-state index in [4.69, 9.17) is 0 Å². The number of carbonyl (C=O) groups is 6. The zero-order valence-corrected chi connectivity index (χ0v) is 18.8. The van der Waals surface area contributed by atoms with Crippen LogP contribution < -0.4 is 16.0 Å². The molecule has 34 heavy (non-hydrogen) atoms. The molecular formula is C24H26N4O6. The van der Waals surface area contributed by atoms with E-state index in [-0.39, 0.29) is 55.5 Å². The number of rotatable bonds is 6. The van der Waals surface area contributed by atoms with Gasteiger partial charge in [-0.3, -0.25) is 34.1 Å². The van der Waals surface area contributed by atoms with E-state index in [0.717, 1.165) is 6.42 Å². The Morgan fingerprint density at radius 2 is 1.88 bits per heavy atom. The molecule has 0 bridgehead atoms. The molecule has 10 nitrogen and oxygen atoms in total. The van der Waals surface area contributed by atoms with E-state index in [1.54, 1.807) is 18.2 Å². The standard InChI is InChI=1S/C24H26N4O6/c1-2-8-25-22(32)13-9-19(29)15(20(30)10-13)11-26-17-5-3-4-14-16(17)12-28(24(14)34)18-6-7-21(31)27-23(18)33/h3-5,11,13,18,26H,2,6-10,12H2,1H3,(H,25,32)(H,27,31,33). The minimum Gasteiger partial charge on any atom is -0.361 e. The van der Waals surface area contributed by atoms with E-state index in [2.05, 4.69) is 16.0 Å². The van der Waals surface area contributed by atoms with Crippen molar-refractivity contribution in [2.45, 2.75) is 51.6 Å². The predicted molar refractivity (Wildman–Crippen MR) is 120 cm³/mol. The van der Waals surface area contributed by atoms with Crippen molar-refractivity contribution < 1.29 is 28.8 Å². The quantitative estimate of drug-likeness (QED) is 0.320. The van der Waals surface area contributed by atoms with Crippen LogP contribution in [0.2, 0.25) is 0 Å². The molecule has 1 saturated heterocycles. The third-order valence-corrected chi connectivity index (χ3v) is 6.34. The molecule has 0 spiro atoms. The third-order valence-electron chi connectivity index (χ3n) is 6.34. The molecule has 1 unspecified atom stereocenters. The Hall–Kier alpha value is -3.82. The van der Waals surface area contributed by atoms with Crippen LogP contribution in [0.5, 0.6) is 0 Å². The van der Waals surface area contributed by atoms with Crippen LogP contribution in [0.4, 0.5) is 5.69 Å². The van der Waals surface area contributed by atoms with Crippen molar-refractivity contribution >= 4 is 40.9 Å². The number of imide groups is 1. The number of allylic oxidation sites excluding steroid dienone is 1. The van der Waals surface area contributed by atoms with Crippen LogP contribution in [-0.2, 0) is 30.5 Å². The summed E-state index contributed by atoms with van der Waals surface area (Å²) in [6, 6.07) is 4.30. The molecule has 0 radical (unpaired) electrons. The van der Waals surface area contributed by atoms with Gasteiger partial charge in [-0.05, 0) is 25.0 Å². The number of hydrogen-bond donors (Lipinski definition) is 3. The molecule has 178 valence electrons. The van der Waals surface area contributed by atoms with Gasteiger partial charge in [0.05, 0.1) is 11.5 Å². The van der Waals surface area contributed by atoms with Crippen LogP contribution in [-0.4, -0.2) is 52.7 Å². The molecule has 1 aromatic rings. The highest BCUT2D eigenvalue weighted by Crippen LogP contribution is 2.33. The fourth-order valence-corrected chi connectivity index (χ4v) is 4.50. The number of amides is 4. The van der Waals surface area contributed by atoms with Crippen LogP contribution >= 0.6 is 0 Å². The second-order valence-electron chi connectivity index (χ2n) is 8.68. The molecule has 3 N–H and O–H groups in total. The van der Waals surface area contributed by atoms with E-state index in [9.17, 15) is 28.8 Å². The number of carbonyl (C=O) groups excluding carboxylic acids is 6. The molecule has 2 aliphatic heterocycles. The second kappa shape index (κ2) is 9.58. The van der Waals surface area contributed by atoms with Gasteiger partial charge < -0.3 is 15.5 Å². The van der Waals surface area contributed by atoms with Crippen molar-refractivity contribution in [3.63, 3.8) is 0 Å². The number of nitrogens with one attached hydrogen (secondary N) is 3. The average Bonchev–Trinajstić information content (AvgIpc) is 3.13. The largest absolute Gasteiger partial charge is 0.361 e. The van der Waals surface area contributed by atoms with Crippen molar-refractivity contribution in [2.24, 2.45) is 5.92 Å². The number of fused-ring (bicyclic) bond motifs is 1. The molecule has 0 aromatic heterocycles. The van der Waals surface area contributed by atoms with E-state index < -0.39 is 29.4 Å². The fourth-order valence-electron chi connectivity index (χ4n) is 4.50. The molecule has 3 aliphatic rings. The Labute approximate surface area is 196 Å². The van der Waals surface area contributed by atoms with E-state index in [1.807, 2.05) is 6.92 Å². The van der Waals surface area contributed by atoms with Crippen LogP contribution in [0, 0.1) is 5.92 Å². The Kier molecular flexibility index (Phi) is 6.58. The van der Waals surface area contributed by atoms with Crippen LogP contribution in [0.1, 0.15) is 54.9 Å². The summed E-state index contributed by atoms with van der Waals surface area (Å²) in [6.07, 6.45) is 2.44. The molecular weight excluding hydrogens is 440 g/mol. The van der Waals surface area contributed by atoms with Gasteiger partial charge in [0.2, 0.25) is 17.7 Å². The van der Waals surface area contributed by atoms with Gasteiger partial charge in [0, 0.05) is 55.4 Å². The first-order valence-corrected chi connectivity index (χ1v) is 11.4. The van der Waals surface area contributed by atoms with Gasteiger partial charge in [-0.25, -0.2) is 0 Å². The van der Waals surface area contributed by atoms with Gasteiger partial charge in [0.15, 0.2) is 11.6 Å². The zero-order chi connectivity index (χ0) is 24.4. The number of Topliss-reactive ketones (excluding diaryl/α,β-unsaturated/α-hetero) is 2. The average molecular weight is 466 g/mol. The Balaban J connectivity index is 1.48. The normalized spacial score (nSPS) is 22.4. The first-order valence-electron chi connectivity index (χ1n) is 11.4. The molecule has 1 aromatic carbocycles. The second-order valence-corrected chi connectivity index (χ2v) is 8.68. The van der Waals surface area contributed by atoms with E-state index in [1.165, 1.54) is 11.1 Å². The molecule has 4 amide bonds. The van der Waals surface area contributed by atoms with Crippen LogP contribution in [0.15, 0.2) is 30.0 Å². The lowest BCUT2D eigenvalue weighted by Gasteiger charge is -2.29. The number of anilines is 1. The van der Waals surface area contributed by atoms with Crippen LogP contribution in [0.3, 0.4) is 0 Å². The summed E-state index contributed by atoms with van der Waals surface area (Å²) in [5.41, 5.74) is 1.59. The van der Waals surface area contributed by atoms with E-state index in [0.29, 0.717) is 23.4 Å². The lowest BCUT2D eigenvalue weighted by Crippen LogP contribution is -2.52. The van der Waals surface area contributed by atoms with Gasteiger partial charge in [-0.1, -0.05) is 13.0 Å². The van der Waals surface area contributed by atoms with Crippen molar-refractivity contribution in [3.8, 4) is 0 Å². The summed E-state index contributed by atoms with van der Waals surface area (Å²) < 4.78 is 0. The zero-order valence-electron chi connectivity index (χ0n) is 18.8. The SMILES string of the molecule is CCCNC(=O)C1CC(=O)C(=CNc2cccc3c2CN(C2CCC(=O)NC2=O)C3=O)C(=O)C1. The summed E-state index contributed by atoms with van der Waals surface area (Å²) in [6.45, 7) is 2.58. The minimum atomic E-state index is -0.735. The van der Waals surface area contributed by atoms with E-state index >= 15 is 0 Å². The maximum Gasteiger partial charge on any atom is 0.255 e. The fraction of sp³-hybridized carbons (Fsp3) is 0.417. The first-order chi connectivity index (χ1) is 16.3. The maximum atomic E-state index is 12.9. The lowest BCUT2D eigenvalue weighted by molar-refractivity contribution is -0.137. The molecule has 2 fully saturated rings. The summed E-state index contributed by atoms with van der Waals surface area (Å²) in [5, 5.41) is 7.97. The molecule has 1 aliphatic carbocycles. The summed E-state index contributed by atoms with van der Waals surface area (Å²) in [4.78, 5) is 75.4. The van der Waals surface area contributed by atoms with Gasteiger partial charge in [0.25, 0.3) is 5.91 Å². The van der Waals surface area contributed by atoms with Crippen molar-refractivity contribution in [3.05, 3.63) is 41.1 Å². The lowest BCUT2D eigenvalue weighted by atomic mass is 9.83. The topological polar surface area (TPSA) is 142 Å². The highest BCUT2D eigenvalue weighted by molar-refractivity contribution is 6.23. The number of ketones is 2. The summed E-state index contributed by atoms with van der Waals surface area (Å²) in [7, 11) is 0. The predicted octanol–water partition coefficient (Wildman–Crippen LogP) is 0.818. The van der Waals surface area contributed by atoms with Crippen LogP contribution in [0.25, 0.3) is 0 Å². The minimum absolute atomic E-state index is 0.0107. The number of piperidine rings is 1. The van der Waals surface area contributed by atoms with Crippen molar-refractivity contribution in [1.29, 1.82) is 0 Å². The monoisotopic (exact) mass is 466 g/mol. The third kappa shape index (κ3) is 4.48. The highest BCUT2D eigenvalue weighted by Gasteiger charge is 2.40. The highest BCUT2D eigenvalue weighted by atomic mass is 16.2. The summed E-state index contributed by atoms with van der Waals surface area (Å²) in [5.74, 6) is -2.93. The number of benzene rings is 1. The summed E-state index contributed by atoms with van der Waals surface area (Å²) >= 11 is 0. The molecule has 1 saturated carbocycles. The maximum absolute atomic E-state index is 12.9. The van der Waals surface area contributed by atoms with Gasteiger partial charge in [-0.15, -0.1) is 0 Å². The van der Waals surface area contributed by atoms with Gasteiger partial charge >= 0.3 is 0 Å². The number of hydrogen-bond acceptors (Lipinski definition) is 7. The smallest absolute Gasteiger partial charge is 0.255 e. The molecule has 2 heterocycles. The number of nitrogens with zero attached hydrogens (tertiary/aromatic N) is 1. The Morgan fingerprint density at radius 3 is 2.56 bits per heavy atom. The first kappa shape index (κ1) is 23.3. The Morgan fingerprint density at radius 1 is 1.15 bits per heavy atom. The molecule has 10 heteroatoms. The molecule has 4 rings (SSSR count). The van der Waals surface area contributed by atoms with Crippen molar-refractivity contribution in [1.82, 2.24) is 15.5 Å². The van der Waals surface area contributed by atoms with Gasteiger partial charge in [-0.2, -0.15) is 0 Å². The van der Waals surface area contributed by atoms with Crippen molar-refractivity contribution in [2.75, 3.05) is 11.9 Å². The Bertz CT molecular complexity index is 1100. The molecule has 1 atom stereocenters.